The van der Waals surface area contributed by atoms with E-state index in [-0.39, 0.29) is 37.5 Å². The van der Waals surface area contributed by atoms with E-state index in [2.05, 4.69) is 99.8 Å². The van der Waals surface area contributed by atoms with Crippen molar-refractivity contribution in [3.8, 4) is 0 Å². The van der Waals surface area contributed by atoms with Crippen molar-refractivity contribution < 1.29 is 28.6 Å². The highest BCUT2D eigenvalue weighted by Crippen LogP contribution is 2.14. The van der Waals surface area contributed by atoms with Crippen LogP contribution in [0, 0.1) is 0 Å². The first kappa shape index (κ1) is 60.6. The maximum absolute atomic E-state index is 12.8. The molecule has 0 aliphatic heterocycles. The van der Waals surface area contributed by atoms with E-state index in [1.165, 1.54) is 109 Å². The van der Waals surface area contributed by atoms with Gasteiger partial charge in [0.15, 0.2) is 6.10 Å². The molecule has 0 spiro atoms. The number of rotatable bonds is 47. The molecule has 0 aromatic rings. The van der Waals surface area contributed by atoms with Gasteiger partial charge in [-0.05, 0) is 83.5 Å². The summed E-state index contributed by atoms with van der Waals surface area (Å²) in [5.74, 6) is -0.996. The number of hydrogen-bond acceptors (Lipinski definition) is 6. The van der Waals surface area contributed by atoms with E-state index in [1.807, 2.05) is 6.08 Å². The number of hydrogen-bond donors (Lipinski definition) is 0. The molecule has 0 radical (unpaired) electrons. The normalized spacial score (nSPS) is 12.7. The third kappa shape index (κ3) is 49.6. The second kappa shape index (κ2) is 52.2. The summed E-state index contributed by atoms with van der Waals surface area (Å²) in [5, 5.41) is 0. The summed E-state index contributed by atoms with van der Waals surface area (Å²) >= 11 is 0. The molecular formula is C58H98O6. The number of carbonyl (C=O) groups excluding carboxylic acids is 3. The minimum Gasteiger partial charge on any atom is -0.462 e. The van der Waals surface area contributed by atoms with Crippen molar-refractivity contribution in [2.45, 2.75) is 252 Å². The Kier molecular flexibility index (Phi) is 49.4. The average molecular weight is 891 g/mol. The molecule has 0 saturated heterocycles. The van der Waals surface area contributed by atoms with Gasteiger partial charge in [0.2, 0.25) is 0 Å². The van der Waals surface area contributed by atoms with Crippen LogP contribution in [0.4, 0.5) is 0 Å². The van der Waals surface area contributed by atoms with Gasteiger partial charge in [0, 0.05) is 19.3 Å². The summed E-state index contributed by atoms with van der Waals surface area (Å²) in [4.78, 5) is 38.0. The van der Waals surface area contributed by atoms with Gasteiger partial charge in [-0.15, -0.1) is 0 Å². The van der Waals surface area contributed by atoms with Crippen LogP contribution in [-0.4, -0.2) is 37.2 Å². The van der Waals surface area contributed by atoms with Gasteiger partial charge in [-0.25, -0.2) is 0 Å². The van der Waals surface area contributed by atoms with Gasteiger partial charge in [-0.1, -0.05) is 228 Å². The van der Waals surface area contributed by atoms with E-state index in [0.29, 0.717) is 19.3 Å². The van der Waals surface area contributed by atoms with Crippen molar-refractivity contribution in [3.63, 3.8) is 0 Å². The summed E-state index contributed by atoms with van der Waals surface area (Å²) in [6.45, 7) is 6.44. The lowest BCUT2D eigenvalue weighted by Crippen LogP contribution is -2.30. The Labute approximate surface area is 395 Å². The van der Waals surface area contributed by atoms with Crippen molar-refractivity contribution in [3.05, 3.63) is 85.1 Å². The van der Waals surface area contributed by atoms with Crippen molar-refractivity contribution >= 4 is 17.9 Å². The summed E-state index contributed by atoms with van der Waals surface area (Å²) in [5.41, 5.74) is 0. The van der Waals surface area contributed by atoms with Crippen LogP contribution in [0.1, 0.15) is 245 Å². The van der Waals surface area contributed by atoms with Crippen molar-refractivity contribution in [2.24, 2.45) is 0 Å². The monoisotopic (exact) mass is 891 g/mol. The lowest BCUT2D eigenvalue weighted by atomic mass is 10.0. The van der Waals surface area contributed by atoms with Crippen LogP contribution in [0.5, 0.6) is 0 Å². The summed E-state index contributed by atoms with van der Waals surface area (Å²) in [6, 6.07) is 0. The number of allylic oxidation sites excluding steroid dienone is 14. The third-order valence-corrected chi connectivity index (χ3v) is 11.1. The predicted molar refractivity (Wildman–Crippen MR) is 274 cm³/mol. The molecule has 0 aromatic carbocycles. The molecule has 6 heteroatoms. The Bertz CT molecular complexity index is 1250. The first-order valence-corrected chi connectivity index (χ1v) is 26.6. The molecule has 0 amide bonds. The van der Waals surface area contributed by atoms with Crippen LogP contribution in [0.15, 0.2) is 85.1 Å². The number of esters is 3. The van der Waals surface area contributed by atoms with Gasteiger partial charge in [0.25, 0.3) is 0 Å². The van der Waals surface area contributed by atoms with Crippen LogP contribution in [0.25, 0.3) is 0 Å². The van der Waals surface area contributed by atoms with E-state index < -0.39 is 6.10 Å². The van der Waals surface area contributed by atoms with Gasteiger partial charge < -0.3 is 14.2 Å². The second-order valence-electron chi connectivity index (χ2n) is 17.4. The SMILES string of the molecule is CC/C=C\C/C=C\C/C=C\C/C=C\C/C=C\C/C=C\CCC(=O)OC[C@@H](COC(=O)CCCCCCCCCCCCCCC)OC(=O)CCCCCCC/C=C\CCCCCCC. The van der Waals surface area contributed by atoms with Crippen molar-refractivity contribution in [1.82, 2.24) is 0 Å². The molecular weight excluding hydrogens is 793 g/mol. The van der Waals surface area contributed by atoms with Crippen LogP contribution < -0.4 is 0 Å². The highest BCUT2D eigenvalue weighted by molar-refractivity contribution is 5.71. The lowest BCUT2D eigenvalue weighted by molar-refractivity contribution is -0.166. The first-order chi connectivity index (χ1) is 31.5. The first-order valence-electron chi connectivity index (χ1n) is 26.6. The average Bonchev–Trinajstić information content (AvgIpc) is 3.29. The molecule has 64 heavy (non-hydrogen) atoms. The van der Waals surface area contributed by atoms with Gasteiger partial charge in [-0.2, -0.15) is 0 Å². The highest BCUT2D eigenvalue weighted by Gasteiger charge is 2.19. The zero-order valence-corrected chi connectivity index (χ0v) is 41.8. The molecule has 0 heterocycles. The molecule has 6 nitrogen and oxygen atoms in total. The molecule has 1 atom stereocenters. The van der Waals surface area contributed by atoms with Gasteiger partial charge in [0.1, 0.15) is 13.2 Å². The van der Waals surface area contributed by atoms with Crippen LogP contribution in [0.3, 0.4) is 0 Å². The largest absolute Gasteiger partial charge is 0.462 e. The van der Waals surface area contributed by atoms with Gasteiger partial charge >= 0.3 is 17.9 Å². The fourth-order valence-corrected chi connectivity index (χ4v) is 7.17. The molecule has 0 aromatic heterocycles. The molecule has 0 rings (SSSR count). The van der Waals surface area contributed by atoms with Gasteiger partial charge in [-0.3, -0.25) is 14.4 Å². The van der Waals surface area contributed by atoms with Gasteiger partial charge in [0.05, 0.1) is 0 Å². The Balaban J connectivity index is 4.50. The van der Waals surface area contributed by atoms with Crippen molar-refractivity contribution in [2.75, 3.05) is 13.2 Å². The van der Waals surface area contributed by atoms with Crippen LogP contribution in [-0.2, 0) is 28.6 Å². The minimum atomic E-state index is -0.809. The minimum absolute atomic E-state index is 0.101. The smallest absolute Gasteiger partial charge is 0.306 e. The molecule has 0 saturated carbocycles. The van der Waals surface area contributed by atoms with Crippen molar-refractivity contribution in [1.29, 1.82) is 0 Å². The van der Waals surface area contributed by atoms with E-state index in [4.69, 9.17) is 14.2 Å². The quantitative estimate of drug-likeness (QED) is 0.0262. The summed E-state index contributed by atoms with van der Waals surface area (Å²) in [6.07, 6.45) is 67.2. The Hall–Kier alpha value is -3.41. The van der Waals surface area contributed by atoms with E-state index >= 15 is 0 Å². The Morgan fingerprint density at radius 3 is 1.05 bits per heavy atom. The molecule has 366 valence electrons. The standard InChI is InChI=1S/C58H98O6/c1-4-7-10-13-16-19-22-25-27-28-29-30-31-34-36-39-42-45-48-51-57(60)63-54-55(53-62-56(59)50-47-44-41-38-35-32-24-21-18-15-12-9-6-3)64-58(61)52-49-46-43-40-37-33-26-23-20-17-14-11-8-5-2/h7,10,16,19,23,25-27,29-30,34,36,42,45,55H,4-6,8-9,11-15,17-18,20-22,24,28,31-33,35,37-41,43-44,46-54H2,1-3H3/b10-7-,19-16-,26-23-,27-25-,30-29-,36-34-,45-42-/t55-/m1/s1. The van der Waals surface area contributed by atoms with E-state index in [1.54, 1.807) is 0 Å². The maximum Gasteiger partial charge on any atom is 0.306 e. The fraction of sp³-hybridized carbons (Fsp3) is 0.707. The second-order valence-corrected chi connectivity index (χ2v) is 17.4. The Morgan fingerprint density at radius 2 is 0.641 bits per heavy atom. The topological polar surface area (TPSA) is 78.9 Å². The molecule has 0 aliphatic carbocycles. The number of carbonyl (C=O) groups is 3. The summed E-state index contributed by atoms with van der Waals surface area (Å²) < 4.78 is 16.7. The predicted octanol–water partition coefficient (Wildman–Crippen LogP) is 17.6. The number of ether oxygens (including phenoxy) is 3. The zero-order chi connectivity index (χ0) is 46.5. The zero-order valence-electron chi connectivity index (χ0n) is 41.8. The molecule has 0 unspecified atom stereocenters. The molecule has 0 fully saturated rings. The van der Waals surface area contributed by atoms with E-state index in [9.17, 15) is 14.4 Å². The Morgan fingerprint density at radius 1 is 0.328 bits per heavy atom. The highest BCUT2D eigenvalue weighted by atomic mass is 16.6. The summed E-state index contributed by atoms with van der Waals surface area (Å²) in [7, 11) is 0. The molecule has 0 aliphatic rings. The van der Waals surface area contributed by atoms with Crippen LogP contribution in [0.2, 0.25) is 0 Å². The fourth-order valence-electron chi connectivity index (χ4n) is 7.17. The lowest BCUT2D eigenvalue weighted by Gasteiger charge is -2.18. The molecule has 0 N–H and O–H groups in total. The van der Waals surface area contributed by atoms with E-state index in [0.717, 1.165) is 89.9 Å². The number of unbranched alkanes of at least 4 members (excludes halogenated alkanes) is 22. The van der Waals surface area contributed by atoms with Crippen LogP contribution >= 0.6 is 0 Å². The maximum atomic E-state index is 12.8. The third-order valence-electron chi connectivity index (χ3n) is 11.1. The molecule has 0 bridgehead atoms.